The van der Waals surface area contributed by atoms with Crippen LogP contribution in [0.4, 0.5) is 0 Å². The molecule has 0 amide bonds. The SMILES string of the molecule is CN(C)NC(CN)c1cccc(Cl)c1Cl. The van der Waals surface area contributed by atoms with Crippen molar-refractivity contribution in [2.24, 2.45) is 5.73 Å². The molecule has 3 N–H and O–H groups in total. The number of halogens is 2. The summed E-state index contributed by atoms with van der Waals surface area (Å²) in [6, 6.07) is 5.52. The summed E-state index contributed by atoms with van der Waals surface area (Å²) in [7, 11) is 3.81. The maximum absolute atomic E-state index is 6.10. The Hall–Kier alpha value is -0.320. The topological polar surface area (TPSA) is 41.3 Å². The minimum Gasteiger partial charge on any atom is -0.329 e. The smallest absolute Gasteiger partial charge is 0.0641 e. The molecule has 0 heterocycles. The Morgan fingerprint density at radius 3 is 2.60 bits per heavy atom. The Morgan fingerprint density at radius 1 is 1.40 bits per heavy atom. The summed E-state index contributed by atoms with van der Waals surface area (Å²) in [5.74, 6) is 0. The highest BCUT2D eigenvalue weighted by atomic mass is 35.5. The zero-order valence-electron chi connectivity index (χ0n) is 8.80. The summed E-state index contributed by atoms with van der Waals surface area (Å²) >= 11 is 12.0. The van der Waals surface area contributed by atoms with Crippen molar-refractivity contribution in [2.75, 3.05) is 20.6 Å². The van der Waals surface area contributed by atoms with Crippen LogP contribution < -0.4 is 11.2 Å². The van der Waals surface area contributed by atoms with Crippen molar-refractivity contribution in [3.8, 4) is 0 Å². The van der Waals surface area contributed by atoms with Gasteiger partial charge in [0.25, 0.3) is 0 Å². The van der Waals surface area contributed by atoms with Crippen LogP contribution in [-0.2, 0) is 0 Å². The monoisotopic (exact) mass is 247 g/mol. The van der Waals surface area contributed by atoms with E-state index in [1.54, 1.807) is 6.07 Å². The Bertz CT molecular complexity index is 328. The average molecular weight is 248 g/mol. The first-order chi connectivity index (χ1) is 7.06. The van der Waals surface area contributed by atoms with Crippen molar-refractivity contribution in [2.45, 2.75) is 6.04 Å². The van der Waals surface area contributed by atoms with Gasteiger partial charge < -0.3 is 5.73 Å². The number of hydrazine groups is 1. The molecule has 0 aliphatic rings. The second-order valence-electron chi connectivity index (χ2n) is 3.45. The van der Waals surface area contributed by atoms with Crippen LogP contribution in [0, 0.1) is 0 Å². The predicted molar refractivity (Wildman–Crippen MR) is 65.1 cm³/mol. The number of nitrogens with one attached hydrogen (secondary N) is 1. The van der Waals surface area contributed by atoms with Crippen LogP contribution in [0.2, 0.25) is 10.0 Å². The zero-order valence-corrected chi connectivity index (χ0v) is 10.3. The van der Waals surface area contributed by atoms with Crippen LogP contribution in [0.1, 0.15) is 11.6 Å². The Balaban J connectivity index is 2.96. The van der Waals surface area contributed by atoms with E-state index in [4.69, 9.17) is 28.9 Å². The van der Waals surface area contributed by atoms with E-state index in [1.807, 2.05) is 31.2 Å². The van der Waals surface area contributed by atoms with Gasteiger partial charge in [-0.2, -0.15) is 0 Å². The lowest BCUT2D eigenvalue weighted by Gasteiger charge is -2.23. The van der Waals surface area contributed by atoms with Crippen LogP contribution in [-0.4, -0.2) is 25.6 Å². The summed E-state index contributed by atoms with van der Waals surface area (Å²) in [6.07, 6.45) is 0. The molecule has 0 fully saturated rings. The van der Waals surface area contributed by atoms with E-state index < -0.39 is 0 Å². The van der Waals surface area contributed by atoms with Crippen LogP contribution in [0.3, 0.4) is 0 Å². The summed E-state index contributed by atoms with van der Waals surface area (Å²) in [5, 5.41) is 2.95. The molecule has 84 valence electrons. The summed E-state index contributed by atoms with van der Waals surface area (Å²) in [5.41, 5.74) is 9.78. The molecule has 1 aromatic rings. The van der Waals surface area contributed by atoms with Gasteiger partial charge in [-0.25, -0.2) is 10.4 Å². The van der Waals surface area contributed by atoms with Gasteiger partial charge in [0, 0.05) is 20.6 Å². The third-order valence-corrected chi connectivity index (χ3v) is 2.84. The van der Waals surface area contributed by atoms with Gasteiger partial charge in [0.2, 0.25) is 0 Å². The second kappa shape index (κ2) is 5.68. The molecule has 1 unspecified atom stereocenters. The molecule has 0 spiro atoms. The quantitative estimate of drug-likeness (QED) is 0.801. The summed E-state index contributed by atoms with van der Waals surface area (Å²) in [6.45, 7) is 0.457. The molecular formula is C10H15Cl2N3. The molecule has 5 heteroatoms. The molecule has 0 aromatic heterocycles. The maximum Gasteiger partial charge on any atom is 0.0641 e. The number of hydrogen-bond donors (Lipinski definition) is 2. The third-order valence-electron chi connectivity index (χ3n) is 2.01. The normalized spacial score (nSPS) is 13.2. The fourth-order valence-electron chi connectivity index (χ4n) is 1.35. The highest BCUT2D eigenvalue weighted by molar-refractivity contribution is 6.42. The van der Waals surface area contributed by atoms with Gasteiger partial charge in [0.05, 0.1) is 16.1 Å². The van der Waals surface area contributed by atoms with Crippen LogP contribution in [0.15, 0.2) is 18.2 Å². The van der Waals surface area contributed by atoms with E-state index in [-0.39, 0.29) is 6.04 Å². The van der Waals surface area contributed by atoms with Gasteiger partial charge >= 0.3 is 0 Å². The van der Waals surface area contributed by atoms with E-state index in [0.29, 0.717) is 16.6 Å². The van der Waals surface area contributed by atoms with E-state index in [1.165, 1.54) is 0 Å². The molecule has 3 nitrogen and oxygen atoms in total. The van der Waals surface area contributed by atoms with Gasteiger partial charge in [0.1, 0.15) is 0 Å². The highest BCUT2D eigenvalue weighted by Crippen LogP contribution is 2.29. The minimum atomic E-state index is -0.0220. The fourth-order valence-corrected chi connectivity index (χ4v) is 1.79. The van der Waals surface area contributed by atoms with Crippen molar-refractivity contribution in [3.05, 3.63) is 33.8 Å². The first-order valence-corrected chi connectivity index (χ1v) is 5.39. The number of nitrogens with zero attached hydrogens (tertiary/aromatic N) is 1. The lowest BCUT2D eigenvalue weighted by Crippen LogP contribution is -2.38. The number of hydrogen-bond acceptors (Lipinski definition) is 3. The summed E-state index contributed by atoms with van der Waals surface area (Å²) in [4.78, 5) is 0. The van der Waals surface area contributed by atoms with Crippen molar-refractivity contribution in [1.82, 2.24) is 10.4 Å². The lowest BCUT2D eigenvalue weighted by molar-refractivity contribution is 0.246. The fraction of sp³-hybridized carbons (Fsp3) is 0.400. The van der Waals surface area contributed by atoms with Crippen LogP contribution >= 0.6 is 23.2 Å². The first kappa shape index (κ1) is 12.7. The van der Waals surface area contributed by atoms with Gasteiger partial charge in [-0.15, -0.1) is 0 Å². The first-order valence-electron chi connectivity index (χ1n) is 4.63. The lowest BCUT2D eigenvalue weighted by atomic mass is 10.1. The van der Waals surface area contributed by atoms with Gasteiger partial charge in [-0.3, -0.25) is 0 Å². The molecular weight excluding hydrogens is 233 g/mol. The molecule has 0 aliphatic heterocycles. The number of benzene rings is 1. The van der Waals surface area contributed by atoms with Crippen molar-refractivity contribution < 1.29 is 0 Å². The molecule has 1 atom stereocenters. The van der Waals surface area contributed by atoms with Crippen molar-refractivity contribution in [3.63, 3.8) is 0 Å². The number of nitrogens with two attached hydrogens (primary N) is 1. The van der Waals surface area contributed by atoms with E-state index in [9.17, 15) is 0 Å². The van der Waals surface area contributed by atoms with Crippen LogP contribution in [0.5, 0.6) is 0 Å². The Labute approximate surface area is 100 Å². The largest absolute Gasteiger partial charge is 0.329 e. The highest BCUT2D eigenvalue weighted by Gasteiger charge is 2.14. The molecule has 15 heavy (non-hydrogen) atoms. The van der Waals surface area contributed by atoms with E-state index in [0.717, 1.165) is 5.56 Å². The summed E-state index contributed by atoms with van der Waals surface area (Å²) < 4.78 is 0. The Kier molecular flexibility index (Phi) is 4.83. The second-order valence-corrected chi connectivity index (χ2v) is 4.24. The van der Waals surface area contributed by atoms with Crippen LogP contribution in [0.25, 0.3) is 0 Å². The van der Waals surface area contributed by atoms with Gasteiger partial charge in [-0.05, 0) is 11.6 Å². The minimum absolute atomic E-state index is 0.0220. The van der Waals surface area contributed by atoms with Gasteiger partial charge in [0.15, 0.2) is 0 Å². The zero-order chi connectivity index (χ0) is 11.4. The molecule has 1 aromatic carbocycles. The van der Waals surface area contributed by atoms with Crippen molar-refractivity contribution >= 4 is 23.2 Å². The molecule has 0 radical (unpaired) electrons. The molecule has 0 aliphatic carbocycles. The molecule has 0 bridgehead atoms. The predicted octanol–water partition coefficient (Wildman–Crippen LogP) is 2.06. The molecule has 1 rings (SSSR count). The van der Waals surface area contributed by atoms with E-state index in [2.05, 4.69) is 5.43 Å². The maximum atomic E-state index is 6.10. The Morgan fingerprint density at radius 2 is 2.07 bits per heavy atom. The molecule has 0 saturated heterocycles. The standard InChI is InChI=1S/C10H15Cl2N3/c1-15(2)14-9(6-13)7-4-3-5-8(11)10(7)12/h3-5,9,14H,6,13H2,1-2H3. The van der Waals surface area contributed by atoms with Gasteiger partial charge in [-0.1, -0.05) is 35.3 Å². The number of rotatable bonds is 4. The van der Waals surface area contributed by atoms with E-state index >= 15 is 0 Å². The van der Waals surface area contributed by atoms with Crippen molar-refractivity contribution in [1.29, 1.82) is 0 Å². The average Bonchev–Trinajstić information content (AvgIpc) is 2.19. The molecule has 0 saturated carbocycles. The third kappa shape index (κ3) is 3.33.